The van der Waals surface area contributed by atoms with Crippen LogP contribution in [0.3, 0.4) is 0 Å². The Morgan fingerprint density at radius 1 is 1.20 bits per heavy atom. The summed E-state index contributed by atoms with van der Waals surface area (Å²) in [5.74, 6) is -1.06. The highest BCUT2D eigenvalue weighted by molar-refractivity contribution is 7.94. The molecule has 0 radical (unpaired) electrons. The van der Waals surface area contributed by atoms with Crippen molar-refractivity contribution in [2.45, 2.75) is 11.1 Å². The monoisotopic (exact) mass is 244 g/mol. The lowest BCUT2D eigenvalue weighted by atomic mass is 10.2. The number of hydrogen-bond donors (Lipinski definition) is 1. The SMILES string of the molecule is OOOSc1cc(F)cc(C(F)(F)F)c1. The zero-order valence-corrected chi connectivity index (χ0v) is 7.73. The second-order valence-electron chi connectivity index (χ2n) is 2.40. The molecule has 0 amide bonds. The Bertz CT molecular complexity index is 341. The lowest BCUT2D eigenvalue weighted by Gasteiger charge is -2.07. The van der Waals surface area contributed by atoms with Crippen LogP contribution in [0, 0.1) is 5.82 Å². The highest BCUT2D eigenvalue weighted by Crippen LogP contribution is 2.32. The summed E-state index contributed by atoms with van der Waals surface area (Å²) in [6.45, 7) is 0. The minimum Gasteiger partial charge on any atom is -0.220 e. The van der Waals surface area contributed by atoms with E-state index in [9.17, 15) is 17.6 Å². The quantitative estimate of drug-likeness (QED) is 0.383. The fraction of sp³-hybridized carbons (Fsp3) is 0.143. The van der Waals surface area contributed by atoms with Gasteiger partial charge in [0.05, 0.1) is 17.6 Å². The number of halogens is 4. The van der Waals surface area contributed by atoms with E-state index < -0.39 is 17.6 Å². The van der Waals surface area contributed by atoms with E-state index in [1.165, 1.54) is 0 Å². The smallest absolute Gasteiger partial charge is 0.220 e. The molecule has 1 aromatic carbocycles. The molecule has 3 nitrogen and oxygen atoms in total. The van der Waals surface area contributed by atoms with Crippen LogP contribution < -0.4 is 0 Å². The molecule has 1 rings (SSSR count). The molecule has 0 saturated carbocycles. The molecule has 0 heterocycles. The maximum atomic E-state index is 12.7. The molecule has 0 atom stereocenters. The molecule has 0 spiro atoms. The Labute approximate surface area is 85.7 Å². The maximum Gasteiger partial charge on any atom is 0.416 e. The largest absolute Gasteiger partial charge is 0.416 e. The van der Waals surface area contributed by atoms with E-state index in [-0.39, 0.29) is 16.9 Å². The molecule has 0 aliphatic carbocycles. The second kappa shape index (κ2) is 4.79. The van der Waals surface area contributed by atoms with E-state index >= 15 is 0 Å². The van der Waals surface area contributed by atoms with Crippen LogP contribution in [0.5, 0.6) is 0 Å². The normalized spacial score (nSPS) is 11.8. The van der Waals surface area contributed by atoms with Crippen molar-refractivity contribution < 1.29 is 32.2 Å². The van der Waals surface area contributed by atoms with Crippen molar-refractivity contribution >= 4 is 12.0 Å². The fourth-order valence-electron chi connectivity index (χ4n) is 0.829. The lowest BCUT2D eigenvalue weighted by Crippen LogP contribution is -2.05. The van der Waals surface area contributed by atoms with E-state index in [1.807, 2.05) is 0 Å². The first kappa shape index (κ1) is 12.2. The number of benzene rings is 1. The van der Waals surface area contributed by atoms with Gasteiger partial charge < -0.3 is 0 Å². The molecule has 0 bridgehead atoms. The van der Waals surface area contributed by atoms with Crippen LogP contribution in [0.4, 0.5) is 17.6 Å². The molecule has 8 heteroatoms. The molecule has 15 heavy (non-hydrogen) atoms. The highest BCUT2D eigenvalue weighted by atomic mass is 32.2. The van der Waals surface area contributed by atoms with Crippen molar-refractivity contribution in [3.05, 3.63) is 29.6 Å². The average Bonchev–Trinajstić information content (AvgIpc) is 2.12. The fourth-order valence-corrected chi connectivity index (χ4v) is 1.27. The van der Waals surface area contributed by atoms with Gasteiger partial charge in [0.15, 0.2) is 0 Å². The van der Waals surface area contributed by atoms with Crippen LogP contribution in [-0.4, -0.2) is 5.26 Å². The van der Waals surface area contributed by atoms with Crippen molar-refractivity contribution in [3.63, 3.8) is 0 Å². The van der Waals surface area contributed by atoms with Gasteiger partial charge in [0.25, 0.3) is 0 Å². The zero-order chi connectivity index (χ0) is 11.5. The van der Waals surface area contributed by atoms with Crippen LogP contribution >= 0.6 is 12.0 Å². The first-order valence-corrected chi connectivity index (χ1v) is 4.20. The Kier molecular flexibility index (Phi) is 3.91. The van der Waals surface area contributed by atoms with Gasteiger partial charge in [-0.1, -0.05) is 5.04 Å². The zero-order valence-electron chi connectivity index (χ0n) is 6.92. The molecule has 0 aliphatic rings. The van der Waals surface area contributed by atoms with Crippen LogP contribution in [0.2, 0.25) is 0 Å². The lowest BCUT2D eigenvalue weighted by molar-refractivity contribution is -0.432. The third-order valence-corrected chi connectivity index (χ3v) is 1.92. The Balaban J connectivity index is 2.95. The minimum atomic E-state index is -4.64. The predicted molar refractivity (Wildman–Crippen MR) is 42.1 cm³/mol. The molecule has 0 aliphatic heterocycles. The van der Waals surface area contributed by atoms with Crippen molar-refractivity contribution in [1.29, 1.82) is 0 Å². The van der Waals surface area contributed by atoms with Gasteiger partial charge in [-0.25, -0.2) is 9.65 Å². The molecule has 0 aromatic heterocycles. The summed E-state index contributed by atoms with van der Waals surface area (Å²) in [5, 5.41) is 10.9. The van der Waals surface area contributed by atoms with Crippen LogP contribution in [0.25, 0.3) is 0 Å². The van der Waals surface area contributed by atoms with Crippen molar-refractivity contribution in [3.8, 4) is 0 Å². The van der Waals surface area contributed by atoms with E-state index in [2.05, 4.69) is 9.37 Å². The molecular weight excluding hydrogens is 240 g/mol. The molecule has 0 fully saturated rings. The average molecular weight is 244 g/mol. The van der Waals surface area contributed by atoms with E-state index in [1.54, 1.807) is 0 Å². The maximum absolute atomic E-state index is 12.7. The van der Waals surface area contributed by atoms with Crippen LogP contribution in [0.15, 0.2) is 23.1 Å². The molecule has 1 N–H and O–H groups in total. The Morgan fingerprint density at radius 3 is 2.40 bits per heavy atom. The Hall–Kier alpha value is -0.830. The second-order valence-corrected chi connectivity index (χ2v) is 3.17. The third-order valence-electron chi connectivity index (χ3n) is 1.36. The van der Waals surface area contributed by atoms with Gasteiger partial charge in [0, 0.05) is 4.90 Å². The molecule has 0 unspecified atom stereocenters. The van der Waals surface area contributed by atoms with Gasteiger partial charge in [-0.15, -0.1) is 4.33 Å². The van der Waals surface area contributed by atoms with Gasteiger partial charge in [0.2, 0.25) is 0 Å². The summed E-state index contributed by atoms with van der Waals surface area (Å²) in [6, 6.07) is 1.82. The first-order valence-electron chi connectivity index (χ1n) is 3.46. The molecule has 0 saturated heterocycles. The number of alkyl halides is 3. The first-order chi connectivity index (χ1) is 6.93. The van der Waals surface area contributed by atoms with Crippen molar-refractivity contribution in [2.75, 3.05) is 0 Å². The van der Waals surface area contributed by atoms with E-state index in [0.717, 1.165) is 6.07 Å². The van der Waals surface area contributed by atoms with Gasteiger partial charge >= 0.3 is 6.18 Å². The van der Waals surface area contributed by atoms with Gasteiger partial charge in [-0.05, 0) is 18.2 Å². The Morgan fingerprint density at radius 2 is 1.87 bits per heavy atom. The minimum absolute atomic E-state index is 0.184. The van der Waals surface area contributed by atoms with Gasteiger partial charge in [-0.2, -0.15) is 13.2 Å². The van der Waals surface area contributed by atoms with Crippen molar-refractivity contribution in [2.24, 2.45) is 0 Å². The van der Waals surface area contributed by atoms with Crippen LogP contribution in [-0.2, 0) is 15.5 Å². The van der Waals surface area contributed by atoms with Gasteiger partial charge in [-0.3, -0.25) is 0 Å². The summed E-state index contributed by atoms with van der Waals surface area (Å²) in [5.41, 5.74) is -1.15. The standard InChI is InChI=1S/C7H4F4O3S/c8-5-1-4(7(9,10)11)2-6(3-5)15-14-13-12/h1-3,12H. The topological polar surface area (TPSA) is 38.7 Å². The predicted octanol–water partition coefficient (Wildman–Crippen LogP) is 3.27. The summed E-state index contributed by atoms with van der Waals surface area (Å²) < 4.78 is 53.1. The number of hydrogen-bond acceptors (Lipinski definition) is 4. The summed E-state index contributed by atoms with van der Waals surface area (Å²) in [7, 11) is 0. The molecule has 84 valence electrons. The third kappa shape index (κ3) is 3.67. The van der Waals surface area contributed by atoms with Crippen molar-refractivity contribution in [1.82, 2.24) is 0 Å². The molecular formula is C7H4F4O3S. The van der Waals surface area contributed by atoms with E-state index in [0.29, 0.717) is 12.1 Å². The molecule has 1 aromatic rings. The number of rotatable bonds is 3. The summed E-state index contributed by atoms with van der Waals surface area (Å²) in [6.07, 6.45) is -4.64. The van der Waals surface area contributed by atoms with E-state index in [4.69, 9.17) is 5.26 Å². The highest BCUT2D eigenvalue weighted by Gasteiger charge is 2.31. The van der Waals surface area contributed by atoms with Gasteiger partial charge in [0.1, 0.15) is 5.82 Å². The summed E-state index contributed by atoms with van der Waals surface area (Å²) in [4.78, 5) is -0.184. The van der Waals surface area contributed by atoms with Crippen LogP contribution in [0.1, 0.15) is 5.56 Å². The summed E-state index contributed by atoms with van der Waals surface area (Å²) >= 11 is 0.253.